The van der Waals surface area contributed by atoms with Gasteiger partial charge in [0, 0.05) is 22.7 Å². The standard InChI is InChI=1S/C29H25N3O3/c1-2-35-23-15-9-7-13-21(23)25-26(27(33)20-11-4-3-5-12-20)32-22-14-8-6-10-19(22)16-17-24(32)29(25,18-30)28(31)34/h3-17,24-26H,2H2,1H3,(H2,31,34)/t24?,25-,26+,29-/m1/s1. The molecular formula is C29H25N3O3. The number of carbonyl (C=O) groups is 2. The van der Waals surface area contributed by atoms with Crippen LogP contribution in [0.25, 0.3) is 6.08 Å². The maximum atomic E-state index is 14.2. The summed E-state index contributed by atoms with van der Waals surface area (Å²) >= 11 is 0. The molecule has 0 radical (unpaired) electrons. The molecule has 0 aliphatic carbocycles. The lowest BCUT2D eigenvalue weighted by Gasteiger charge is -2.36. The van der Waals surface area contributed by atoms with Gasteiger partial charge in [0.2, 0.25) is 5.91 Å². The van der Waals surface area contributed by atoms with Crippen LogP contribution in [0.3, 0.4) is 0 Å². The van der Waals surface area contributed by atoms with Crippen LogP contribution in [-0.4, -0.2) is 30.4 Å². The summed E-state index contributed by atoms with van der Waals surface area (Å²) < 4.78 is 5.91. The fraction of sp³-hybridized carbons (Fsp3) is 0.207. The van der Waals surface area contributed by atoms with Gasteiger partial charge in [-0.05, 0) is 24.6 Å². The third-order valence-corrected chi connectivity index (χ3v) is 7.02. The number of para-hydroxylation sites is 2. The maximum Gasteiger partial charge on any atom is 0.241 e. The number of ether oxygens (including phenoxy) is 1. The molecule has 3 aromatic rings. The number of nitriles is 1. The summed E-state index contributed by atoms with van der Waals surface area (Å²) in [4.78, 5) is 29.4. The molecule has 0 spiro atoms. The van der Waals surface area contributed by atoms with Gasteiger partial charge in [-0.2, -0.15) is 5.26 Å². The quantitative estimate of drug-likeness (QED) is 0.549. The van der Waals surface area contributed by atoms with Crippen molar-refractivity contribution in [2.24, 2.45) is 11.1 Å². The Labute approximate surface area is 204 Å². The highest BCUT2D eigenvalue weighted by atomic mass is 16.5. The van der Waals surface area contributed by atoms with E-state index in [9.17, 15) is 14.9 Å². The molecule has 1 amide bonds. The van der Waals surface area contributed by atoms with Crippen molar-refractivity contribution in [2.45, 2.75) is 24.9 Å². The Balaban J connectivity index is 1.83. The van der Waals surface area contributed by atoms with Crippen LogP contribution in [0.1, 0.15) is 34.3 Å². The minimum atomic E-state index is -1.70. The van der Waals surface area contributed by atoms with Gasteiger partial charge in [0.25, 0.3) is 0 Å². The van der Waals surface area contributed by atoms with Gasteiger partial charge < -0.3 is 15.4 Å². The normalized spacial score (nSPS) is 24.2. The molecule has 3 aromatic carbocycles. The average molecular weight is 464 g/mol. The van der Waals surface area contributed by atoms with E-state index in [2.05, 4.69) is 6.07 Å². The lowest BCUT2D eigenvalue weighted by atomic mass is 9.67. The van der Waals surface area contributed by atoms with Crippen molar-refractivity contribution in [3.8, 4) is 11.8 Å². The number of anilines is 1. The molecule has 0 aromatic heterocycles. The zero-order valence-electron chi connectivity index (χ0n) is 19.3. The number of primary amides is 1. The molecule has 174 valence electrons. The number of Topliss-reactive ketones (excluding diaryl/α,β-unsaturated/α-hetero) is 1. The van der Waals surface area contributed by atoms with Crippen molar-refractivity contribution < 1.29 is 14.3 Å². The van der Waals surface area contributed by atoms with Crippen LogP contribution < -0.4 is 15.4 Å². The molecule has 2 aliphatic rings. The topological polar surface area (TPSA) is 96.4 Å². The first kappa shape index (κ1) is 22.4. The molecule has 0 saturated carbocycles. The van der Waals surface area contributed by atoms with E-state index in [-0.39, 0.29) is 5.78 Å². The Hall–Kier alpha value is -4.37. The number of hydrogen-bond acceptors (Lipinski definition) is 5. The van der Waals surface area contributed by atoms with E-state index in [1.807, 2.05) is 72.5 Å². The number of fused-ring (bicyclic) bond motifs is 3. The summed E-state index contributed by atoms with van der Waals surface area (Å²) in [5.41, 5.74) is 7.15. The summed E-state index contributed by atoms with van der Waals surface area (Å²) in [5, 5.41) is 10.6. The molecule has 6 heteroatoms. The first-order valence-electron chi connectivity index (χ1n) is 11.6. The van der Waals surface area contributed by atoms with Gasteiger partial charge in [-0.25, -0.2) is 0 Å². The van der Waals surface area contributed by atoms with Crippen LogP contribution in [0.15, 0.2) is 84.9 Å². The Morgan fingerprint density at radius 1 is 1.03 bits per heavy atom. The van der Waals surface area contributed by atoms with Gasteiger partial charge in [0.1, 0.15) is 11.8 Å². The van der Waals surface area contributed by atoms with Crippen molar-refractivity contribution in [2.75, 3.05) is 11.5 Å². The van der Waals surface area contributed by atoms with Crippen LogP contribution in [0, 0.1) is 16.7 Å². The highest BCUT2D eigenvalue weighted by Crippen LogP contribution is 2.57. The van der Waals surface area contributed by atoms with Crippen molar-refractivity contribution in [3.63, 3.8) is 0 Å². The minimum absolute atomic E-state index is 0.185. The second kappa shape index (κ2) is 8.77. The molecule has 2 heterocycles. The van der Waals surface area contributed by atoms with Crippen molar-refractivity contribution in [3.05, 3.63) is 102 Å². The zero-order chi connectivity index (χ0) is 24.6. The van der Waals surface area contributed by atoms with E-state index >= 15 is 0 Å². The molecule has 6 nitrogen and oxygen atoms in total. The average Bonchev–Trinajstić information content (AvgIpc) is 3.21. The van der Waals surface area contributed by atoms with E-state index < -0.39 is 29.3 Å². The second-order valence-electron chi connectivity index (χ2n) is 8.74. The molecule has 1 fully saturated rings. The summed E-state index contributed by atoms with van der Waals surface area (Å²) in [6, 6.07) is 24.6. The van der Waals surface area contributed by atoms with Gasteiger partial charge in [0.15, 0.2) is 11.2 Å². The minimum Gasteiger partial charge on any atom is -0.494 e. The van der Waals surface area contributed by atoms with Crippen LogP contribution in [0.4, 0.5) is 5.69 Å². The van der Waals surface area contributed by atoms with Crippen molar-refractivity contribution in [1.82, 2.24) is 0 Å². The first-order valence-corrected chi connectivity index (χ1v) is 11.6. The highest BCUT2D eigenvalue weighted by molar-refractivity contribution is 6.06. The molecule has 1 saturated heterocycles. The number of nitrogens with zero attached hydrogens (tertiary/aromatic N) is 2. The van der Waals surface area contributed by atoms with Gasteiger partial charge in [-0.3, -0.25) is 9.59 Å². The van der Waals surface area contributed by atoms with Crippen molar-refractivity contribution in [1.29, 1.82) is 5.26 Å². The number of hydrogen-bond donors (Lipinski definition) is 1. The van der Waals surface area contributed by atoms with E-state index in [4.69, 9.17) is 10.5 Å². The fourth-order valence-corrected chi connectivity index (χ4v) is 5.57. The molecule has 0 bridgehead atoms. The predicted octanol–water partition coefficient (Wildman–Crippen LogP) is 4.33. The Morgan fingerprint density at radius 2 is 1.71 bits per heavy atom. The lowest BCUT2D eigenvalue weighted by Crippen LogP contribution is -2.49. The van der Waals surface area contributed by atoms with E-state index in [1.165, 1.54) is 0 Å². The van der Waals surface area contributed by atoms with Gasteiger partial charge in [-0.1, -0.05) is 78.9 Å². The molecular weight excluding hydrogens is 438 g/mol. The monoisotopic (exact) mass is 463 g/mol. The molecule has 2 N–H and O–H groups in total. The third-order valence-electron chi connectivity index (χ3n) is 7.02. The number of carbonyl (C=O) groups excluding carboxylic acids is 2. The molecule has 1 unspecified atom stereocenters. The van der Waals surface area contributed by atoms with E-state index in [0.29, 0.717) is 23.5 Å². The first-order chi connectivity index (χ1) is 17.0. The number of amides is 1. The summed E-state index contributed by atoms with van der Waals surface area (Å²) in [7, 11) is 0. The van der Waals surface area contributed by atoms with Crippen LogP contribution >= 0.6 is 0 Å². The predicted molar refractivity (Wildman–Crippen MR) is 134 cm³/mol. The second-order valence-corrected chi connectivity index (χ2v) is 8.74. The van der Waals surface area contributed by atoms with E-state index in [0.717, 1.165) is 11.3 Å². The summed E-state index contributed by atoms with van der Waals surface area (Å²) in [6.07, 6.45) is 3.72. The van der Waals surface area contributed by atoms with Crippen LogP contribution in [-0.2, 0) is 4.79 Å². The number of nitrogens with two attached hydrogens (primary N) is 1. The van der Waals surface area contributed by atoms with Gasteiger partial charge in [-0.15, -0.1) is 0 Å². The van der Waals surface area contributed by atoms with Crippen LogP contribution in [0.2, 0.25) is 0 Å². The van der Waals surface area contributed by atoms with Crippen molar-refractivity contribution >= 4 is 23.5 Å². The Kier molecular flexibility index (Phi) is 5.62. The van der Waals surface area contributed by atoms with Gasteiger partial charge in [0.05, 0.1) is 18.7 Å². The maximum absolute atomic E-state index is 14.2. The summed E-state index contributed by atoms with van der Waals surface area (Å²) in [5.74, 6) is -1.28. The fourth-order valence-electron chi connectivity index (χ4n) is 5.57. The number of benzene rings is 3. The van der Waals surface area contributed by atoms with Crippen LogP contribution in [0.5, 0.6) is 5.75 Å². The highest BCUT2D eigenvalue weighted by Gasteiger charge is 2.66. The molecule has 5 rings (SSSR count). The summed E-state index contributed by atoms with van der Waals surface area (Å²) in [6.45, 7) is 2.26. The zero-order valence-corrected chi connectivity index (χ0v) is 19.3. The Bertz CT molecular complexity index is 1360. The molecule has 2 aliphatic heterocycles. The molecule has 35 heavy (non-hydrogen) atoms. The number of rotatable bonds is 6. The SMILES string of the molecule is CCOc1ccccc1[C@@H]1[C@@H](C(=O)c2ccccc2)N2c3ccccc3C=CC2[C@@]1(C#N)C(N)=O. The van der Waals surface area contributed by atoms with Gasteiger partial charge >= 0.3 is 0 Å². The third kappa shape index (κ3) is 3.31. The smallest absolute Gasteiger partial charge is 0.241 e. The number of ketones is 1. The van der Waals surface area contributed by atoms with E-state index in [1.54, 1.807) is 30.3 Å². The lowest BCUT2D eigenvalue weighted by molar-refractivity contribution is -0.125. The largest absolute Gasteiger partial charge is 0.494 e. The molecule has 4 atom stereocenters. The Morgan fingerprint density at radius 3 is 2.43 bits per heavy atom.